The van der Waals surface area contributed by atoms with E-state index in [1.165, 1.54) is 37.9 Å². The van der Waals surface area contributed by atoms with Crippen molar-refractivity contribution in [2.45, 2.75) is 25.3 Å². The molecule has 16 heavy (non-hydrogen) atoms. The third kappa shape index (κ3) is 2.38. The van der Waals surface area contributed by atoms with E-state index in [0.717, 1.165) is 24.4 Å². The van der Waals surface area contributed by atoms with Crippen molar-refractivity contribution in [2.24, 2.45) is 11.8 Å². The molecule has 0 aromatic rings. The molecule has 1 heterocycles. The summed E-state index contributed by atoms with van der Waals surface area (Å²) < 4.78 is 0. The second-order valence-electron chi connectivity index (χ2n) is 5.62. The molecule has 0 bridgehead atoms. The van der Waals surface area contributed by atoms with Gasteiger partial charge in [0.2, 0.25) is 0 Å². The summed E-state index contributed by atoms with van der Waals surface area (Å²) in [5.41, 5.74) is 1.51. The molecule has 3 aliphatic rings. The molecule has 3 rings (SSSR count). The summed E-state index contributed by atoms with van der Waals surface area (Å²) in [4.78, 5) is 2.42. The van der Waals surface area contributed by atoms with Gasteiger partial charge in [0.25, 0.3) is 0 Å². The lowest BCUT2D eigenvalue weighted by Crippen LogP contribution is -2.41. The Kier molecular flexibility index (Phi) is 2.86. The normalized spacial score (nSPS) is 34.7. The summed E-state index contributed by atoms with van der Waals surface area (Å²) in [6.07, 6.45) is 11.2. The van der Waals surface area contributed by atoms with Crippen LogP contribution in [0.3, 0.4) is 0 Å². The highest BCUT2D eigenvalue weighted by molar-refractivity contribution is 5.31. The van der Waals surface area contributed by atoms with Crippen LogP contribution < -0.4 is 5.32 Å². The van der Waals surface area contributed by atoms with E-state index in [9.17, 15) is 0 Å². The van der Waals surface area contributed by atoms with E-state index in [-0.39, 0.29) is 0 Å². The molecule has 1 aliphatic heterocycles. The Morgan fingerprint density at radius 2 is 2.12 bits per heavy atom. The smallest absolute Gasteiger partial charge is 0.0204 e. The maximum atomic E-state index is 3.70. The summed E-state index contributed by atoms with van der Waals surface area (Å²) in [5, 5.41) is 3.70. The largest absolute Gasteiger partial charge is 0.310 e. The molecule has 1 saturated heterocycles. The zero-order chi connectivity index (χ0) is 11.0. The van der Waals surface area contributed by atoms with Crippen LogP contribution in [0.5, 0.6) is 0 Å². The third-order valence-electron chi connectivity index (χ3n) is 4.19. The van der Waals surface area contributed by atoms with Gasteiger partial charge in [-0.3, -0.25) is 0 Å². The summed E-state index contributed by atoms with van der Waals surface area (Å²) in [7, 11) is 2.22. The SMILES string of the molecule is CN1CCC(NCC2=CC3CC3C=C2)CC1. The van der Waals surface area contributed by atoms with Gasteiger partial charge in [0, 0.05) is 12.6 Å². The van der Waals surface area contributed by atoms with Crippen molar-refractivity contribution >= 4 is 0 Å². The predicted octanol–water partition coefficient (Wildman–Crippen LogP) is 1.80. The Labute approximate surface area is 98.4 Å². The van der Waals surface area contributed by atoms with E-state index in [2.05, 4.69) is 35.5 Å². The lowest BCUT2D eigenvalue weighted by molar-refractivity contribution is 0.237. The van der Waals surface area contributed by atoms with Gasteiger partial charge in [-0.05, 0) is 56.8 Å². The fourth-order valence-electron chi connectivity index (χ4n) is 2.82. The van der Waals surface area contributed by atoms with Crippen LogP contribution in [0.15, 0.2) is 23.8 Å². The van der Waals surface area contributed by atoms with Crippen molar-refractivity contribution in [3.05, 3.63) is 23.8 Å². The van der Waals surface area contributed by atoms with Gasteiger partial charge in [-0.15, -0.1) is 0 Å². The Bertz CT molecular complexity index is 311. The first kappa shape index (κ1) is 10.5. The van der Waals surface area contributed by atoms with Gasteiger partial charge in [-0.2, -0.15) is 0 Å². The molecule has 0 spiro atoms. The minimum atomic E-state index is 0.738. The molecule has 0 aromatic carbocycles. The lowest BCUT2D eigenvalue weighted by Gasteiger charge is -2.29. The van der Waals surface area contributed by atoms with Gasteiger partial charge < -0.3 is 10.2 Å². The average molecular weight is 218 g/mol. The number of fused-ring (bicyclic) bond motifs is 1. The van der Waals surface area contributed by atoms with Gasteiger partial charge in [-0.25, -0.2) is 0 Å². The minimum absolute atomic E-state index is 0.738. The zero-order valence-corrected chi connectivity index (χ0v) is 10.2. The van der Waals surface area contributed by atoms with Gasteiger partial charge in [0.15, 0.2) is 0 Å². The number of hydrogen-bond donors (Lipinski definition) is 1. The number of likely N-dealkylation sites (tertiary alicyclic amines) is 1. The van der Waals surface area contributed by atoms with Gasteiger partial charge >= 0.3 is 0 Å². The summed E-state index contributed by atoms with van der Waals surface area (Å²) in [6, 6.07) is 0.738. The maximum Gasteiger partial charge on any atom is 0.0204 e. The second kappa shape index (κ2) is 4.34. The molecule has 2 nitrogen and oxygen atoms in total. The number of allylic oxidation sites excluding steroid dienone is 2. The van der Waals surface area contributed by atoms with Crippen LogP contribution in [0, 0.1) is 11.8 Å². The Hall–Kier alpha value is -0.600. The lowest BCUT2D eigenvalue weighted by atomic mass is 10.0. The minimum Gasteiger partial charge on any atom is -0.310 e. The number of rotatable bonds is 3. The fourth-order valence-corrected chi connectivity index (χ4v) is 2.82. The van der Waals surface area contributed by atoms with E-state index >= 15 is 0 Å². The average Bonchev–Trinajstić information content (AvgIpc) is 3.06. The van der Waals surface area contributed by atoms with Crippen molar-refractivity contribution in [1.82, 2.24) is 10.2 Å². The van der Waals surface area contributed by atoms with Crippen molar-refractivity contribution in [2.75, 3.05) is 26.7 Å². The number of piperidine rings is 1. The summed E-state index contributed by atoms with van der Waals surface area (Å²) >= 11 is 0. The highest BCUT2D eigenvalue weighted by Gasteiger charge is 2.34. The number of hydrogen-bond acceptors (Lipinski definition) is 2. The number of nitrogens with zero attached hydrogens (tertiary/aromatic N) is 1. The summed E-state index contributed by atoms with van der Waals surface area (Å²) in [6.45, 7) is 3.57. The monoisotopic (exact) mass is 218 g/mol. The quantitative estimate of drug-likeness (QED) is 0.777. The first-order chi connectivity index (χ1) is 7.81. The molecule has 2 heteroatoms. The van der Waals surface area contributed by atoms with E-state index < -0.39 is 0 Å². The van der Waals surface area contributed by atoms with Gasteiger partial charge in [0.1, 0.15) is 0 Å². The molecule has 2 atom stereocenters. The van der Waals surface area contributed by atoms with Crippen LogP contribution in [-0.2, 0) is 0 Å². The fraction of sp³-hybridized carbons (Fsp3) is 0.714. The van der Waals surface area contributed by atoms with Crippen molar-refractivity contribution in [3.8, 4) is 0 Å². The standard InChI is InChI=1S/C14H22N2/c1-16-6-4-14(5-7-16)15-10-11-2-3-12-9-13(12)8-11/h2-3,8,12-15H,4-7,9-10H2,1H3. The molecule has 2 unspecified atom stereocenters. The molecule has 1 saturated carbocycles. The van der Waals surface area contributed by atoms with Crippen LogP contribution in [0.1, 0.15) is 19.3 Å². The van der Waals surface area contributed by atoms with Crippen LogP contribution in [-0.4, -0.2) is 37.6 Å². The van der Waals surface area contributed by atoms with Crippen molar-refractivity contribution in [1.29, 1.82) is 0 Å². The van der Waals surface area contributed by atoms with Crippen LogP contribution in [0.4, 0.5) is 0 Å². The maximum absolute atomic E-state index is 3.70. The molecule has 88 valence electrons. The van der Waals surface area contributed by atoms with Crippen molar-refractivity contribution in [3.63, 3.8) is 0 Å². The summed E-state index contributed by atoms with van der Waals surface area (Å²) in [5.74, 6) is 1.78. The van der Waals surface area contributed by atoms with Gasteiger partial charge in [-0.1, -0.05) is 18.2 Å². The van der Waals surface area contributed by atoms with Crippen molar-refractivity contribution < 1.29 is 0 Å². The van der Waals surface area contributed by atoms with E-state index in [1.807, 2.05) is 0 Å². The van der Waals surface area contributed by atoms with Crippen LogP contribution in [0.2, 0.25) is 0 Å². The van der Waals surface area contributed by atoms with E-state index in [1.54, 1.807) is 0 Å². The third-order valence-corrected chi connectivity index (χ3v) is 4.19. The zero-order valence-electron chi connectivity index (χ0n) is 10.2. The molecule has 1 N–H and O–H groups in total. The van der Waals surface area contributed by atoms with E-state index in [4.69, 9.17) is 0 Å². The van der Waals surface area contributed by atoms with Crippen LogP contribution in [0.25, 0.3) is 0 Å². The first-order valence-electron chi connectivity index (χ1n) is 6.62. The van der Waals surface area contributed by atoms with E-state index in [0.29, 0.717) is 0 Å². The van der Waals surface area contributed by atoms with Crippen LogP contribution >= 0.6 is 0 Å². The first-order valence-corrected chi connectivity index (χ1v) is 6.62. The molecular formula is C14H22N2. The molecule has 2 aliphatic carbocycles. The second-order valence-corrected chi connectivity index (χ2v) is 5.62. The Morgan fingerprint density at radius 3 is 2.88 bits per heavy atom. The Morgan fingerprint density at radius 1 is 1.31 bits per heavy atom. The topological polar surface area (TPSA) is 15.3 Å². The molecule has 2 fully saturated rings. The molecule has 0 aromatic heterocycles. The highest BCUT2D eigenvalue weighted by Crippen LogP contribution is 2.44. The van der Waals surface area contributed by atoms with Gasteiger partial charge in [0.05, 0.1) is 0 Å². The molecular weight excluding hydrogens is 196 g/mol. The Balaban J connectivity index is 1.44. The number of nitrogens with one attached hydrogen (secondary N) is 1. The molecule has 0 radical (unpaired) electrons. The predicted molar refractivity (Wildman–Crippen MR) is 67.3 cm³/mol. The highest BCUT2D eigenvalue weighted by atomic mass is 15.1. The molecule has 0 amide bonds.